The summed E-state index contributed by atoms with van der Waals surface area (Å²) < 4.78 is 0. The van der Waals surface area contributed by atoms with Gasteiger partial charge in [0.25, 0.3) is 0 Å². The zero-order valence-corrected chi connectivity index (χ0v) is 7.86. The molecular weight excluding hydrogens is 132 g/mol. The molecule has 11 heavy (non-hydrogen) atoms. The first kappa shape index (κ1) is 11.0. The molecule has 0 aliphatic heterocycles. The van der Waals surface area contributed by atoms with Crippen molar-refractivity contribution in [2.24, 2.45) is 0 Å². The van der Waals surface area contributed by atoms with Crippen molar-refractivity contribution < 1.29 is 0 Å². The molecule has 0 amide bonds. The largest absolute Gasteiger partial charge is 0.0654 e. The third kappa shape index (κ3) is 10.0. The molecule has 0 heteroatoms. The molecule has 0 rings (SSSR count). The van der Waals surface area contributed by atoms with Gasteiger partial charge in [-0.3, -0.25) is 0 Å². The molecule has 0 saturated heterocycles. The van der Waals surface area contributed by atoms with E-state index >= 15 is 0 Å². The maximum Gasteiger partial charge on any atom is -0.00936 e. The van der Waals surface area contributed by atoms with E-state index in [2.05, 4.69) is 6.92 Å². The zero-order valence-electron chi connectivity index (χ0n) is 7.86. The van der Waals surface area contributed by atoms with E-state index in [0.29, 0.717) is 6.42 Å². The van der Waals surface area contributed by atoms with Crippen LogP contribution in [0.2, 0.25) is 0 Å². The second-order valence-corrected chi connectivity index (χ2v) is 3.22. The minimum atomic E-state index is 0.620. The highest BCUT2D eigenvalue weighted by molar-refractivity contribution is 4.46. The first-order valence-electron chi connectivity index (χ1n) is 5.06. The lowest BCUT2D eigenvalue weighted by Gasteiger charge is -1.98. The van der Waals surface area contributed by atoms with Gasteiger partial charge in [0.2, 0.25) is 0 Å². The van der Waals surface area contributed by atoms with Gasteiger partial charge in [0.15, 0.2) is 0 Å². The smallest absolute Gasteiger partial charge is 0.00936 e. The zero-order chi connectivity index (χ0) is 8.36. The van der Waals surface area contributed by atoms with Crippen LogP contribution in [0.4, 0.5) is 0 Å². The van der Waals surface area contributed by atoms with Gasteiger partial charge in [-0.1, -0.05) is 58.3 Å². The van der Waals surface area contributed by atoms with Crippen LogP contribution >= 0.6 is 0 Å². The molecule has 0 atom stereocenters. The Morgan fingerprint density at radius 1 is 0.727 bits per heavy atom. The molecule has 0 spiro atoms. The molecule has 0 fully saturated rings. The highest BCUT2D eigenvalue weighted by Gasteiger charge is 1.89. The van der Waals surface area contributed by atoms with E-state index in [1.165, 1.54) is 44.9 Å². The lowest BCUT2D eigenvalue weighted by molar-refractivity contribution is 0.577. The summed E-state index contributed by atoms with van der Waals surface area (Å²) in [5.74, 6) is 0. The lowest BCUT2D eigenvalue weighted by atomic mass is 10.1. The molecular formula is C11H21. The molecule has 0 aromatic heterocycles. The van der Waals surface area contributed by atoms with Gasteiger partial charge >= 0.3 is 0 Å². The van der Waals surface area contributed by atoms with E-state index in [1.54, 1.807) is 0 Å². The summed E-state index contributed by atoms with van der Waals surface area (Å²) in [7, 11) is 0. The van der Waals surface area contributed by atoms with E-state index in [-0.39, 0.29) is 0 Å². The molecule has 3 radical (unpaired) electrons. The Morgan fingerprint density at radius 3 is 1.64 bits per heavy atom. The SMILES string of the molecule is [C]CCCCCCCCCC. The predicted octanol–water partition coefficient (Wildman–Crippen LogP) is 4.11. The minimum Gasteiger partial charge on any atom is -0.0654 e. The fourth-order valence-corrected chi connectivity index (χ4v) is 1.26. The first-order valence-corrected chi connectivity index (χ1v) is 5.06. The van der Waals surface area contributed by atoms with Gasteiger partial charge in [0.1, 0.15) is 0 Å². The van der Waals surface area contributed by atoms with Crippen LogP contribution in [0.5, 0.6) is 0 Å². The summed E-state index contributed by atoms with van der Waals surface area (Å²) in [5, 5.41) is 0. The van der Waals surface area contributed by atoms with Crippen molar-refractivity contribution in [3.8, 4) is 0 Å². The van der Waals surface area contributed by atoms with E-state index in [9.17, 15) is 0 Å². The Kier molecular flexibility index (Phi) is 10.0. The number of hydrogen-bond acceptors (Lipinski definition) is 0. The summed E-state index contributed by atoms with van der Waals surface area (Å²) in [6.45, 7) is 9.20. The van der Waals surface area contributed by atoms with Crippen LogP contribution in [0.15, 0.2) is 0 Å². The highest BCUT2D eigenvalue weighted by atomic mass is 13.9. The lowest BCUT2D eigenvalue weighted by Crippen LogP contribution is -1.79. The van der Waals surface area contributed by atoms with Gasteiger partial charge in [-0.05, 0) is 13.3 Å². The van der Waals surface area contributed by atoms with Crippen molar-refractivity contribution in [1.29, 1.82) is 0 Å². The average Bonchev–Trinajstić information content (AvgIpc) is 2.03. The van der Waals surface area contributed by atoms with Crippen LogP contribution in [0.1, 0.15) is 64.7 Å². The minimum absolute atomic E-state index is 0.620. The Hall–Kier alpha value is 0. The van der Waals surface area contributed by atoms with Crippen molar-refractivity contribution in [1.82, 2.24) is 0 Å². The highest BCUT2D eigenvalue weighted by Crippen LogP contribution is 2.08. The monoisotopic (exact) mass is 153 g/mol. The number of rotatable bonds is 8. The summed E-state index contributed by atoms with van der Waals surface area (Å²) in [6.07, 6.45) is 11.3. The summed E-state index contributed by atoms with van der Waals surface area (Å²) in [5.41, 5.74) is 0. The summed E-state index contributed by atoms with van der Waals surface area (Å²) in [4.78, 5) is 0. The second kappa shape index (κ2) is 10.0. The molecule has 0 bridgehead atoms. The third-order valence-corrected chi connectivity index (χ3v) is 2.03. The number of hydrogen-bond donors (Lipinski definition) is 0. The van der Waals surface area contributed by atoms with Crippen LogP contribution in [-0.2, 0) is 0 Å². The predicted molar refractivity (Wildman–Crippen MR) is 50.5 cm³/mol. The van der Waals surface area contributed by atoms with E-state index in [0.717, 1.165) is 6.42 Å². The summed E-state index contributed by atoms with van der Waals surface area (Å²) >= 11 is 0. The molecule has 0 N–H and O–H groups in total. The van der Waals surface area contributed by atoms with Gasteiger partial charge in [0, 0.05) is 0 Å². The molecule has 0 nitrogen and oxygen atoms in total. The van der Waals surface area contributed by atoms with Crippen LogP contribution in [-0.4, -0.2) is 0 Å². The van der Waals surface area contributed by atoms with Crippen molar-refractivity contribution in [3.63, 3.8) is 0 Å². The molecule has 0 unspecified atom stereocenters. The second-order valence-electron chi connectivity index (χ2n) is 3.22. The normalized spacial score (nSPS) is 10.4. The molecule has 0 aliphatic rings. The first-order chi connectivity index (χ1) is 5.41. The number of unbranched alkanes of at least 4 members (excludes halogenated alkanes) is 8. The van der Waals surface area contributed by atoms with Crippen LogP contribution in [0.25, 0.3) is 0 Å². The molecule has 0 heterocycles. The van der Waals surface area contributed by atoms with Crippen LogP contribution in [0, 0.1) is 6.92 Å². The standard InChI is InChI=1S/C11H21/c1-3-5-7-9-11-10-8-6-4-2/h3-11H2,1H3. The maximum absolute atomic E-state index is 6.95. The quantitative estimate of drug-likeness (QED) is 0.460. The summed E-state index contributed by atoms with van der Waals surface area (Å²) in [6, 6.07) is 0. The Morgan fingerprint density at radius 2 is 1.18 bits per heavy atom. The average molecular weight is 153 g/mol. The Bertz CT molecular complexity index is 49.1. The van der Waals surface area contributed by atoms with Gasteiger partial charge in [-0.2, -0.15) is 0 Å². The fourth-order valence-electron chi connectivity index (χ4n) is 1.26. The van der Waals surface area contributed by atoms with Gasteiger partial charge in [-0.15, -0.1) is 0 Å². The van der Waals surface area contributed by atoms with Gasteiger partial charge in [0.05, 0.1) is 0 Å². The maximum atomic E-state index is 6.95. The molecule has 0 saturated carbocycles. The molecule has 0 aromatic rings. The fraction of sp³-hybridized carbons (Fsp3) is 0.909. The Balaban J connectivity index is 2.69. The topological polar surface area (TPSA) is 0 Å². The van der Waals surface area contributed by atoms with Crippen LogP contribution < -0.4 is 0 Å². The van der Waals surface area contributed by atoms with Gasteiger partial charge in [-0.25, -0.2) is 0 Å². The van der Waals surface area contributed by atoms with Crippen molar-refractivity contribution >= 4 is 0 Å². The van der Waals surface area contributed by atoms with E-state index < -0.39 is 0 Å². The van der Waals surface area contributed by atoms with Crippen molar-refractivity contribution in [3.05, 3.63) is 6.92 Å². The molecule has 0 aromatic carbocycles. The van der Waals surface area contributed by atoms with Gasteiger partial charge < -0.3 is 0 Å². The van der Waals surface area contributed by atoms with E-state index in [1.807, 2.05) is 0 Å². The molecule has 65 valence electrons. The van der Waals surface area contributed by atoms with E-state index in [4.69, 9.17) is 6.92 Å². The van der Waals surface area contributed by atoms with Crippen LogP contribution in [0.3, 0.4) is 0 Å². The van der Waals surface area contributed by atoms with Crippen molar-refractivity contribution in [2.75, 3.05) is 0 Å². The van der Waals surface area contributed by atoms with Crippen molar-refractivity contribution in [2.45, 2.75) is 64.7 Å². The third-order valence-electron chi connectivity index (χ3n) is 2.03. The Labute approximate surface area is 72.4 Å². The molecule has 0 aliphatic carbocycles.